The van der Waals surface area contributed by atoms with E-state index in [0.29, 0.717) is 6.54 Å². The molecule has 1 aromatic heterocycles. The third-order valence-electron chi connectivity index (χ3n) is 1.90. The van der Waals surface area contributed by atoms with Gasteiger partial charge in [-0.15, -0.1) is 0 Å². The van der Waals surface area contributed by atoms with E-state index in [9.17, 15) is 9.59 Å². The maximum Gasteiger partial charge on any atom is 0.270 e. The minimum atomic E-state index is -0.311. The molecule has 1 amide bonds. The van der Waals surface area contributed by atoms with Crippen molar-refractivity contribution in [3.05, 3.63) is 34.2 Å². The van der Waals surface area contributed by atoms with Gasteiger partial charge in [0.05, 0.1) is 12.5 Å². The van der Waals surface area contributed by atoms with Crippen molar-refractivity contribution in [2.24, 2.45) is 0 Å². The van der Waals surface area contributed by atoms with Gasteiger partial charge < -0.3 is 9.88 Å². The molecule has 0 aliphatic heterocycles. The number of H-pyrrole nitrogens is 1. The molecular weight excluding hydrogens is 194 g/mol. The van der Waals surface area contributed by atoms with Crippen LogP contribution in [0.5, 0.6) is 0 Å². The van der Waals surface area contributed by atoms with Crippen molar-refractivity contribution in [2.75, 3.05) is 13.6 Å². The van der Waals surface area contributed by atoms with Gasteiger partial charge in [0, 0.05) is 19.7 Å². The fourth-order valence-electron chi connectivity index (χ4n) is 1.10. The van der Waals surface area contributed by atoms with Crippen molar-refractivity contribution in [1.29, 1.82) is 5.26 Å². The lowest BCUT2D eigenvalue weighted by atomic mass is 10.3. The maximum atomic E-state index is 11.6. The van der Waals surface area contributed by atoms with Gasteiger partial charge in [-0.25, -0.2) is 0 Å². The minimum Gasteiger partial charge on any atom is -0.339 e. The Morgan fingerprint density at radius 3 is 2.93 bits per heavy atom. The zero-order valence-electron chi connectivity index (χ0n) is 8.36. The van der Waals surface area contributed by atoms with Crippen molar-refractivity contribution < 1.29 is 4.79 Å². The number of aromatic nitrogens is 1. The van der Waals surface area contributed by atoms with E-state index in [0.717, 1.165) is 0 Å². The first-order valence-corrected chi connectivity index (χ1v) is 4.47. The molecule has 15 heavy (non-hydrogen) atoms. The Bertz CT molecular complexity index is 444. The summed E-state index contributed by atoms with van der Waals surface area (Å²) < 4.78 is 0. The van der Waals surface area contributed by atoms with Crippen molar-refractivity contribution in [3.8, 4) is 6.07 Å². The molecule has 1 rings (SSSR count). The highest BCUT2D eigenvalue weighted by Crippen LogP contribution is 1.97. The van der Waals surface area contributed by atoms with Crippen LogP contribution in [0.4, 0.5) is 0 Å². The molecule has 0 radical (unpaired) electrons. The Labute approximate surface area is 87.0 Å². The van der Waals surface area contributed by atoms with Crippen LogP contribution in [0.1, 0.15) is 16.9 Å². The van der Waals surface area contributed by atoms with Gasteiger partial charge in [-0.1, -0.05) is 6.07 Å². The highest BCUT2D eigenvalue weighted by molar-refractivity contribution is 5.91. The first kappa shape index (κ1) is 11.0. The second kappa shape index (κ2) is 4.96. The van der Waals surface area contributed by atoms with Crippen LogP contribution >= 0.6 is 0 Å². The van der Waals surface area contributed by atoms with Crippen LogP contribution < -0.4 is 5.56 Å². The zero-order chi connectivity index (χ0) is 11.3. The Morgan fingerprint density at radius 2 is 2.33 bits per heavy atom. The van der Waals surface area contributed by atoms with E-state index in [1.54, 1.807) is 7.05 Å². The molecule has 0 spiro atoms. The summed E-state index contributed by atoms with van der Waals surface area (Å²) in [5.74, 6) is -0.289. The summed E-state index contributed by atoms with van der Waals surface area (Å²) in [5, 5.41) is 8.37. The Morgan fingerprint density at radius 1 is 1.60 bits per heavy atom. The molecule has 5 heteroatoms. The van der Waals surface area contributed by atoms with E-state index in [-0.39, 0.29) is 23.6 Å². The van der Waals surface area contributed by atoms with Gasteiger partial charge in [0.1, 0.15) is 5.69 Å². The third kappa shape index (κ3) is 2.95. The third-order valence-corrected chi connectivity index (χ3v) is 1.90. The zero-order valence-corrected chi connectivity index (χ0v) is 8.36. The van der Waals surface area contributed by atoms with Crippen LogP contribution in [-0.4, -0.2) is 29.4 Å². The highest BCUT2D eigenvalue weighted by atomic mass is 16.2. The molecule has 1 aromatic rings. The van der Waals surface area contributed by atoms with E-state index in [4.69, 9.17) is 5.26 Å². The van der Waals surface area contributed by atoms with Crippen LogP contribution in [0.3, 0.4) is 0 Å². The SMILES string of the molecule is CN(CCC#N)C(=O)c1cccc(=O)[nH]1. The number of nitriles is 1. The van der Waals surface area contributed by atoms with Gasteiger partial charge in [-0.3, -0.25) is 9.59 Å². The standard InChI is InChI=1S/C10H11N3O2/c1-13(7-3-6-11)10(15)8-4-2-5-9(14)12-8/h2,4-5H,3,7H2,1H3,(H,12,14). The number of hydrogen-bond acceptors (Lipinski definition) is 3. The molecule has 5 nitrogen and oxygen atoms in total. The first-order valence-electron chi connectivity index (χ1n) is 4.47. The highest BCUT2D eigenvalue weighted by Gasteiger charge is 2.11. The van der Waals surface area contributed by atoms with Gasteiger partial charge in [0.25, 0.3) is 5.91 Å². The predicted molar refractivity (Wildman–Crippen MR) is 54.3 cm³/mol. The van der Waals surface area contributed by atoms with Crippen molar-refractivity contribution in [1.82, 2.24) is 9.88 Å². The summed E-state index contributed by atoms with van der Waals surface area (Å²) in [5.41, 5.74) is -0.0718. The number of hydrogen-bond donors (Lipinski definition) is 1. The minimum absolute atomic E-state index is 0.239. The van der Waals surface area contributed by atoms with E-state index in [1.807, 2.05) is 6.07 Å². The van der Waals surface area contributed by atoms with Crippen molar-refractivity contribution >= 4 is 5.91 Å². The van der Waals surface area contributed by atoms with E-state index in [2.05, 4.69) is 4.98 Å². The second-order valence-corrected chi connectivity index (χ2v) is 3.06. The fourth-order valence-corrected chi connectivity index (χ4v) is 1.10. The van der Waals surface area contributed by atoms with Crippen LogP contribution in [0, 0.1) is 11.3 Å². The summed E-state index contributed by atoms with van der Waals surface area (Å²) in [6.45, 7) is 0.353. The lowest BCUT2D eigenvalue weighted by Crippen LogP contribution is -2.29. The van der Waals surface area contributed by atoms with Crippen LogP contribution in [0.15, 0.2) is 23.0 Å². The van der Waals surface area contributed by atoms with E-state index in [1.165, 1.54) is 23.1 Å². The van der Waals surface area contributed by atoms with Crippen LogP contribution in [-0.2, 0) is 0 Å². The number of carbonyl (C=O) groups excluding carboxylic acids is 1. The molecule has 1 N–H and O–H groups in total. The van der Waals surface area contributed by atoms with Crippen molar-refractivity contribution in [2.45, 2.75) is 6.42 Å². The first-order chi connectivity index (χ1) is 7.15. The number of amides is 1. The summed E-state index contributed by atoms with van der Waals surface area (Å²) in [6, 6.07) is 6.34. The molecule has 0 saturated carbocycles. The second-order valence-electron chi connectivity index (χ2n) is 3.06. The van der Waals surface area contributed by atoms with Crippen molar-refractivity contribution in [3.63, 3.8) is 0 Å². The smallest absolute Gasteiger partial charge is 0.270 e. The number of rotatable bonds is 3. The molecule has 0 unspecified atom stereocenters. The van der Waals surface area contributed by atoms with E-state index < -0.39 is 0 Å². The van der Waals surface area contributed by atoms with Gasteiger partial charge >= 0.3 is 0 Å². The van der Waals surface area contributed by atoms with E-state index >= 15 is 0 Å². The molecule has 0 bridgehead atoms. The summed E-state index contributed by atoms with van der Waals surface area (Å²) in [6.07, 6.45) is 0.277. The topological polar surface area (TPSA) is 77.0 Å². The Kier molecular flexibility index (Phi) is 3.63. The quantitative estimate of drug-likeness (QED) is 0.774. The lowest BCUT2D eigenvalue weighted by Gasteiger charge is -2.14. The number of aromatic amines is 1. The number of nitrogens with one attached hydrogen (secondary N) is 1. The summed E-state index contributed by atoms with van der Waals surface area (Å²) >= 11 is 0. The average Bonchev–Trinajstić information content (AvgIpc) is 2.24. The molecule has 0 aromatic carbocycles. The monoisotopic (exact) mass is 205 g/mol. The average molecular weight is 205 g/mol. The lowest BCUT2D eigenvalue weighted by molar-refractivity contribution is 0.0792. The maximum absolute atomic E-state index is 11.6. The summed E-state index contributed by atoms with van der Waals surface area (Å²) in [7, 11) is 1.59. The van der Waals surface area contributed by atoms with Gasteiger partial charge in [-0.2, -0.15) is 5.26 Å². The molecule has 0 aliphatic rings. The molecule has 1 heterocycles. The number of nitrogens with zero attached hydrogens (tertiary/aromatic N) is 2. The van der Waals surface area contributed by atoms with Crippen LogP contribution in [0.25, 0.3) is 0 Å². The number of carbonyl (C=O) groups is 1. The molecule has 0 fully saturated rings. The molecule has 0 atom stereocenters. The van der Waals surface area contributed by atoms with Gasteiger partial charge in [-0.05, 0) is 6.07 Å². The fraction of sp³-hybridized carbons (Fsp3) is 0.300. The Balaban J connectivity index is 2.77. The molecular formula is C10H11N3O2. The predicted octanol–water partition coefficient (Wildman–Crippen LogP) is 0.361. The molecule has 0 aliphatic carbocycles. The Hall–Kier alpha value is -2.09. The normalized spacial score (nSPS) is 9.33. The van der Waals surface area contributed by atoms with Gasteiger partial charge in [0.15, 0.2) is 0 Å². The molecule has 0 saturated heterocycles. The molecule has 78 valence electrons. The summed E-state index contributed by atoms with van der Waals surface area (Å²) in [4.78, 5) is 26.4. The van der Waals surface area contributed by atoms with Crippen LogP contribution in [0.2, 0.25) is 0 Å². The van der Waals surface area contributed by atoms with Gasteiger partial charge in [0.2, 0.25) is 5.56 Å². The number of pyridine rings is 1. The largest absolute Gasteiger partial charge is 0.339 e.